The number of nitrogens with zero attached hydrogens (tertiary/aromatic N) is 1. The highest BCUT2D eigenvalue weighted by Gasteiger charge is 2.21. The van der Waals surface area contributed by atoms with Crippen molar-refractivity contribution in [2.24, 2.45) is 0 Å². The molecule has 8 nitrogen and oxygen atoms in total. The molecule has 0 aliphatic heterocycles. The van der Waals surface area contributed by atoms with Crippen LogP contribution in [0, 0.1) is 24.0 Å². The van der Waals surface area contributed by atoms with Crippen LogP contribution in [0.5, 0.6) is 5.75 Å². The monoisotopic (exact) mass is 372 g/mol. The number of hydrogen-bond acceptors (Lipinski definition) is 6. The lowest BCUT2D eigenvalue weighted by Crippen LogP contribution is -2.31. The first-order valence-corrected chi connectivity index (χ1v) is 8.22. The summed E-state index contributed by atoms with van der Waals surface area (Å²) in [6.45, 7) is 4.82. The molecule has 1 N–H and O–H groups in total. The molecule has 0 aliphatic carbocycles. The number of carbonyl (C=O) groups is 2. The first-order chi connectivity index (χ1) is 12.8. The van der Waals surface area contributed by atoms with Gasteiger partial charge in [0, 0.05) is 6.07 Å². The third-order valence-electron chi connectivity index (χ3n) is 3.94. The molecule has 1 atom stereocenters. The van der Waals surface area contributed by atoms with E-state index in [0.29, 0.717) is 5.75 Å². The Kier molecular flexibility index (Phi) is 6.48. The zero-order valence-corrected chi connectivity index (χ0v) is 15.2. The summed E-state index contributed by atoms with van der Waals surface area (Å²) in [5.41, 5.74) is 1.72. The van der Waals surface area contributed by atoms with E-state index in [1.165, 1.54) is 25.1 Å². The fourth-order valence-electron chi connectivity index (χ4n) is 2.27. The Balaban J connectivity index is 1.91. The van der Waals surface area contributed by atoms with Crippen molar-refractivity contribution in [3.05, 3.63) is 63.7 Å². The molecule has 0 aromatic heterocycles. The van der Waals surface area contributed by atoms with Gasteiger partial charge < -0.3 is 14.8 Å². The van der Waals surface area contributed by atoms with Gasteiger partial charge in [0.15, 0.2) is 12.7 Å². The van der Waals surface area contributed by atoms with Gasteiger partial charge in [-0.3, -0.25) is 14.9 Å². The first kappa shape index (κ1) is 19.9. The van der Waals surface area contributed by atoms with Crippen LogP contribution >= 0.6 is 0 Å². The highest BCUT2D eigenvalue weighted by Crippen LogP contribution is 2.23. The fourth-order valence-corrected chi connectivity index (χ4v) is 2.27. The smallest absolute Gasteiger partial charge is 0.344 e. The van der Waals surface area contributed by atoms with Crippen molar-refractivity contribution < 1.29 is 24.0 Å². The molecule has 1 amide bonds. The average molecular weight is 372 g/mol. The predicted molar refractivity (Wildman–Crippen MR) is 98.7 cm³/mol. The van der Waals surface area contributed by atoms with Gasteiger partial charge in [0.2, 0.25) is 0 Å². The molecule has 0 bridgehead atoms. The number of amides is 1. The van der Waals surface area contributed by atoms with Crippen LogP contribution in [-0.4, -0.2) is 29.5 Å². The van der Waals surface area contributed by atoms with Crippen molar-refractivity contribution in [2.45, 2.75) is 26.9 Å². The number of hydrogen-bond donors (Lipinski definition) is 1. The van der Waals surface area contributed by atoms with Gasteiger partial charge in [-0.25, -0.2) is 4.79 Å². The van der Waals surface area contributed by atoms with Crippen LogP contribution in [0.25, 0.3) is 0 Å². The van der Waals surface area contributed by atoms with E-state index in [2.05, 4.69) is 5.32 Å². The van der Waals surface area contributed by atoms with Gasteiger partial charge in [0.1, 0.15) is 11.4 Å². The van der Waals surface area contributed by atoms with Crippen LogP contribution in [-0.2, 0) is 14.3 Å². The Morgan fingerprint density at radius 3 is 2.56 bits per heavy atom. The molecule has 8 heteroatoms. The summed E-state index contributed by atoms with van der Waals surface area (Å²) in [7, 11) is 0. The number of nitrogens with one attached hydrogen (secondary N) is 1. The van der Waals surface area contributed by atoms with Gasteiger partial charge in [-0.15, -0.1) is 0 Å². The Labute approximate surface area is 156 Å². The molecule has 2 rings (SSSR count). The van der Waals surface area contributed by atoms with Crippen molar-refractivity contribution in [3.63, 3.8) is 0 Å². The Bertz CT molecular complexity index is 865. The van der Waals surface area contributed by atoms with E-state index < -0.39 is 22.9 Å². The van der Waals surface area contributed by atoms with E-state index >= 15 is 0 Å². The second kappa shape index (κ2) is 8.79. The van der Waals surface area contributed by atoms with E-state index in [-0.39, 0.29) is 18.0 Å². The topological polar surface area (TPSA) is 108 Å². The number of esters is 1. The third-order valence-corrected chi connectivity index (χ3v) is 3.94. The number of carbonyl (C=O) groups excluding carboxylic acids is 2. The lowest BCUT2D eigenvalue weighted by atomic mass is 10.1. The highest BCUT2D eigenvalue weighted by molar-refractivity contribution is 5.96. The normalized spacial score (nSPS) is 11.4. The summed E-state index contributed by atoms with van der Waals surface area (Å²) in [4.78, 5) is 34.4. The molecule has 0 radical (unpaired) electrons. The van der Waals surface area contributed by atoms with Crippen LogP contribution in [0.3, 0.4) is 0 Å². The molecule has 0 aliphatic rings. The first-order valence-electron chi connectivity index (χ1n) is 8.22. The van der Waals surface area contributed by atoms with E-state index in [4.69, 9.17) is 9.47 Å². The highest BCUT2D eigenvalue weighted by atomic mass is 16.6. The van der Waals surface area contributed by atoms with Crippen molar-refractivity contribution >= 4 is 23.3 Å². The lowest BCUT2D eigenvalue weighted by molar-refractivity contribution is -0.383. The molecule has 0 fully saturated rings. The lowest BCUT2D eigenvalue weighted by Gasteiger charge is -2.15. The molecule has 27 heavy (non-hydrogen) atoms. The largest absolute Gasteiger partial charge is 0.482 e. The van der Waals surface area contributed by atoms with Gasteiger partial charge in [-0.05, 0) is 44.0 Å². The molecular formula is C19H20N2O6. The maximum atomic E-state index is 12.1. The van der Waals surface area contributed by atoms with Gasteiger partial charge >= 0.3 is 5.97 Å². The minimum atomic E-state index is -1.14. The Hall–Kier alpha value is -3.42. The second-order valence-electron chi connectivity index (χ2n) is 5.88. The Morgan fingerprint density at radius 2 is 1.85 bits per heavy atom. The summed E-state index contributed by atoms with van der Waals surface area (Å²) < 4.78 is 10.5. The maximum absolute atomic E-state index is 12.1. The summed E-state index contributed by atoms with van der Waals surface area (Å²) >= 11 is 0. The van der Waals surface area contributed by atoms with E-state index in [0.717, 1.165) is 11.1 Å². The standard InChI is InChI=1S/C19H20N2O6/c1-12-7-6-10-17(13(12)2)26-11-18(22)27-14(3)19(23)20-15-8-4-5-9-16(15)21(24)25/h4-10,14H,11H2,1-3H3,(H,20,23)/t14-/m1/s1. The summed E-state index contributed by atoms with van der Waals surface area (Å²) in [6.07, 6.45) is -1.14. The van der Waals surface area contributed by atoms with Crippen molar-refractivity contribution in [1.29, 1.82) is 0 Å². The minimum Gasteiger partial charge on any atom is -0.482 e. The number of nitro groups is 1. The van der Waals surface area contributed by atoms with Crippen LogP contribution in [0.1, 0.15) is 18.1 Å². The van der Waals surface area contributed by atoms with Gasteiger partial charge in [0.25, 0.3) is 11.6 Å². The third kappa shape index (κ3) is 5.27. The molecule has 0 spiro atoms. The molecule has 0 heterocycles. The zero-order valence-electron chi connectivity index (χ0n) is 15.2. The number of rotatable bonds is 7. The maximum Gasteiger partial charge on any atom is 0.344 e. The van der Waals surface area contributed by atoms with E-state index in [1.807, 2.05) is 26.0 Å². The van der Waals surface area contributed by atoms with Gasteiger partial charge in [-0.1, -0.05) is 24.3 Å². The number of para-hydroxylation sites is 2. The zero-order chi connectivity index (χ0) is 20.0. The fraction of sp³-hybridized carbons (Fsp3) is 0.263. The molecule has 0 unspecified atom stereocenters. The molecule has 0 saturated heterocycles. The van der Waals surface area contributed by atoms with Crippen molar-refractivity contribution in [1.82, 2.24) is 0 Å². The number of anilines is 1. The van der Waals surface area contributed by atoms with Crippen LogP contribution in [0.2, 0.25) is 0 Å². The predicted octanol–water partition coefficient (Wildman–Crippen LogP) is 3.16. The summed E-state index contributed by atoms with van der Waals surface area (Å²) in [5, 5.41) is 13.4. The average Bonchev–Trinajstić information content (AvgIpc) is 2.63. The second-order valence-corrected chi connectivity index (χ2v) is 5.88. The van der Waals surface area contributed by atoms with Gasteiger partial charge in [-0.2, -0.15) is 0 Å². The quantitative estimate of drug-likeness (QED) is 0.454. The van der Waals surface area contributed by atoms with Gasteiger partial charge in [0.05, 0.1) is 4.92 Å². The molecule has 0 saturated carbocycles. The van der Waals surface area contributed by atoms with E-state index in [9.17, 15) is 19.7 Å². The number of aryl methyl sites for hydroxylation is 1. The minimum absolute atomic E-state index is 0.0297. The van der Waals surface area contributed by atoms with Crippen LogP contribution < -0.4 is 10.1 Å². The Morgan fingerprint density at radius 1 is 1.15 bits per heavy atom. The number of benzene rings is 2. The summed E-state index contributed by atoms with van der Waals surface area (Å²) in [5.74, 6) is -0.838. The molecule has 2 aromatic rings. The SMILES string of the molecule is Cc1cccc(OCC(=O)O[C@H](C)C(=O)Nc2ccccc2[N+](=O)[O-])c1C. The van der Waals surface area contributed by atoms with Crippen molar-refractivity contribution in [2.75, 3.05) is 11.9 Å². The van der Waals surface area contributed by atoms with Crippen molar-refractivity contribution in [3.8, 4) is 5.75 Å². The summed E-state index contributed by atoms with van der Waals surface area (Å²) in [6, 6.07) is 11.2. The van der Waals surface area contributed by atoms with E-state index in [1.54, 1.807) is 12.1 Å². The molecule has 2 aromatic carbocycles. The number of ether oxygens (including phenoxy) is 2. The van der Waals surface area contributed by atoms with Crippen LogP contribution in [0.15, 0.2) is 42.5 Å². The van der Waals surface area contributed by atoms with Crippen LogP contribution in [0.4, 0.5) is 11.4 Å². The number of nitro benzene ring substituents is 1. The molecular weight excluding hydrogens is 352 g/mol. The molecule has 142 valence electrons.